The smallest absolute Gasteiger partial charge is 0.343 e. The van der Waals surface area contributed by atoms with E-state index in [1.807, 2.05) is 6.07 Å². The summed E-state index contributed by atoms with van der Waals surface area (Å²) in [5.41, 5.74) is 1.59. The second-order valence-electron chi connectivity index (χ2n) is 8.13. The van der Waals surface area contributed by atoms with E-state index in [0.29, 0.717) is 41.2 Å². The molecule has 7 nitrogen and oxygen atoms in total. The second-order valence-corrected chi connectivity index (χ2v) is 8.13. The summed E-state index contributed by atoms with van der Waals surface area (Å²) in [6.45, 7) is 5.96. The van der Waals surface area contributed by atoms with Crippen molar-refractivity contribution in [3.8, 4) is 11.8 Å². The molecule has 0 fully saturated rings. The minimum atomic E-state index is -0.545. The number of carbonyl (C=O) groups is 3. The number of rotatable bonds is 14. The molecule has 0 saturated heterocycles. The first-order chi connectivity index (χ1) is 16.9. The van der Waals surface area contributed by atoms with Gasteiger partial charge in [-0.1, -0.05) is 38.7 Å². The lowest BCUT2D eigenvalue weighted by atomic mass is 10.1. The quantitative estimate of drug-likeness (QED) is 0.147. The molecular weight excluding hydrogens is 446 g/mol. The summed E-state index contributed by atoms with van der Waals surface area (Å²) in [4.78, 5) is 35.6. The lowest BCUT2D eigenvalue weighted by Crippen LogP contribution is -2.09. The number of carbonyl (C=O) groups excluding carboxylic acids is 3. The third-order valence-corrected chi connectivity index (χ3v) is 5.15. The van der Waals surface area contributed by atoms with E-state index in [0.717, 1.165) is 44.9 Å². The lowest BCUT2D eigenvalue weighted by Gasteiger charge is -2.07. The van der Waals surface area contributed by atoms with Crippen LogP contribution in [0.25, 0.3) is 0 Å². The van der Waals surface area contributed by atoms with Gasteiger partial charge in [0.25, 0.3) is 0 Å². The van der Waals surface area contributed by atoms with Crippen LogP contribution in [0, 0.1) is 11.3 Å². The predicted octanol–water partition coefficient (Wildman–Crippen LogP) is 5.78. The molecule has 0 aliphatic rings. The summed E-state index contributed by atoms with van der Waals surface area (Å²) in [5, 5.41) is 8.82. The number of nitriles is 1. The normalized spacial score (nSPS) is 10.2. The van der Waals surface area contributed by atoms with E-state index < -0.39 is 11.9 Å². The molecule has 0 N–H and O–H groups in total. The van der Waals surface area contributed by atoms with Crippen molar-refractivity contribution in [2.75, 3.05) is 13.2 Å². The first-order valence-corrected chi connectivity index (χ1v) is 11.7. The molecule has 0 saturated carbocycles. The van der Waals surface area contributed by atoms with Crippen molar-refractivity contribution in [1.29, 1.82) is 5.26 Å². The highest BCUT2D eigenvalue weighted by atomic mass is 16.5. The standard InChI is InChI=1S/C28H31NO6/c1-21(2)26(30)33-18-8-6-4-3-5-7-9-19-34-27(31)23-14-16-25(17-15-23)35-28(32)24-12-10-22(20-29)11-13-24/h10-17H,1,3-9,18-19H2,2H3. The van der Waals surface area contributed by atoms with Crippen LogP contribution in [0.1, 0.15) is 78.1 Å². The number of nitrogens with zero attached hydrogens (tertiary/aromatic N) is 1. The van der Waals surface area contributed by atoms with Gasteiger partial charge in [-0.05, 0) is 68.3 Å². The highest BCUT2D eigenvalue weighted by Crippen LogP contribution is 2.16. The molecule has 0 unspecified atom stereocenters. The third-order valence-electron chi connectivity index (χ3n) is 5.15. The molecule has 0 atom stereocenters. The number of hydrogen-bond acceptors (Lipinski definition) is 7. The van der Waals surface area contributed by atoms with Gasteiger partial charge in [0.1, 0.15) is 5.75 Å². The highest BCUT2D eigenvalue weighted by molar-refractivity contribution is 5.92. The first-order valence-electron chi connectivity index (χ1n) is 11.7. The Labute approximate surface area is 206 Å². The largest absolute Gasteiger partial charge is 0.462 e. The summed E-state index contributed by atoms with van der Waals surface area (Å²) in [5.74, 6) is -0.987. The molecule has 2 rings (SSSR count). The maximum Gasteiger partial charge on any atom is 0.343 e. The van der Waals surface area contributed by atoms with Crippen LogP contribution in [0.15, 0.2) is 60.7 Å². The van der Waals surface area contributed by atoms with Crippen LogP contribution in [0.3, 0.4) is 0 Å². The van der Waals surface area contributed by atoms with Gasteiger partial charge in [0.05, 0.1) is 36.0 Å². The maximum atomic E-state index is 12.2. The van der Waals surface area contributed by atoms with E-state index in [1.165, 1.54) is 24.3 Å². The molecule has 2 aromatic carbocycles. The van der Waals surface area contributed by atoms with Gasteiger partial charge in [-0.3, -0.25) is 0 Å². The molecule has 0 aromatic heterocycles. The van der Waals surface area contributed by atoms with Crippen LogP contribution in [0.4, 0.5) is 0 Å². The van der Waals surface area contributed by atoms with Crippen LogP contribution < -0.4 is 4.74 Å². The Morgan fingerprint density at radius 1 is 0.743 bits per heavy atom. The molecule has 0 spiro atoms. The van der Waals surface area contributed by atoms with Crippen molar-refractivity contribution >= 4 is 17.9 Å². The Balaban J connectivity index is 1.57. The fourth-order valence-corrected chi connectivity index (χ4v) is 3.13. The van der Waals surface area contributed by atoms with Crippen molar-refractivity contribution < 1.29 is 28.6 Å². The minimum absolute atomic E-state index is 0.310. The molecule has 2 aromatic rings. The molecule has 0 aliphatic carbocycles. The Kier molecular flexibility index (Phi) is 11.8. The van der Waals surface area contributed by atoms with E-state index in [4.69, 9.17) is 19.5 Å². The molecule has 0 bridgehead atoms. The SMILES string of the molecule is C=C(C)C(=O)OCCCCCCCCCOC(=O)c1ccc(OC(=O)c2ccc(C#N)cc2)cc1. The Morgan fingerprint density at radius 2 is 1.23 bits per heavy atom. The van der Waals surface area contributed by atoms with Crippen molar-refractivity contribution in [3.63, 3.8) is 0 Å². The molecule has 0 heterocycles. The fraction of sp³-hybridized carbons (Fsp3) is 0.357. The topological polar surface area (TPSA) is 103 Å². The summed E-state index contributed by atoms with van der Waals surface area (Å²) < 4.78 is 15.7. The number of esters is 3. The highest BCUT2D eigenvalue weighted by Gasteiger charge is 2.11. The fourth-order valence-electron chi connectivity index (χ4n) is 3.13. The zero-order valence-corrected chi connectivity index (χ0v) is 20.1. The van der Waals surface area contributed by atoms with E-state index in [2.05, 4.69) is 6.58 Å². The lowest BCUT2D eigenvalue weighted by molar-refractivity contribution is -0.139. The van der Waals surface area contributed by atoms with Crippen molar-refractivity contribution in [1.82, 2.24) is 0 Å². The molecular formula is C28H31NO6. The van der Waals surface area contributed by atoms with E-state index in [1.54, 1.807) is 31.2 Å². The molecule has 184 valence electrons. The Hall–Kier alpha value is -3.92. The number of hydrogen-bond donors (Lipinski definition) is 0. The van der Waals surface area contributed by atoms with Crippen molar-refractivity contribution in [2.45, 2.75) is 51.9 Å². The summed E-state index contributed by atoms with van der Waals surface area (Å²) in [6, 6.07) is 14.3. The maximum absolute atomic E-state index is 12.2. The summed E-state index contributed by atoms with van der Waals surface area (Å²) in [6.07, 6.45) is 6.85. The van der Waals surface area contributed by atoms with Gasteiger partial charge in [-0.2, -0.15) is 5.26 Å². The molecule has 0 amide bonds. The van der Waals surface area contributed by atoms with Crippen molar-refractivity contribution in [2.24, 2.45) is 0 Å². The van der Waals surface area contributed by atoms with Gasteiger partial charge < -0.3 is 14.2 Å². The molecule has 35 heavy (non-hydrogen) atoms. The number of unbranched alkanes of at least 4 members (excludes halogenated alkanes) is 6. The van der Waals surface area contributed by atoms with Gasteiger partial charge in [0.2, 0.25) is 0 Å². The van der Waals surface area contributed by atoms with Crippen LogP contribution in [-0.2, 0) is 14.3 Å². The van der Waals surface area contributed by atoms with Crippen LogP contribution in [0.2, 0.25) is 0 Å². The van der Waals surface area contributed by atoms with Gasteiger partial charge in [0, 0.05) is 5.57 Å². The molecule has 0 radical (unpaired) electrons. The number of benzene rings is 2. The van der Waals surface area contributed by atoms with Crippen LogP contribution in [0.5, 0.6) is 5.75 Å². The Morgan fingerprint density at radius 3 is 1.77 bits per heavy atom. The van der Waals surface area contributed by atoms with Gasteiger partial charge in [-0.15, -0.1) is 0 Å². The molecule has 7 heteroatoms. The average molecular weight is 478 g/mol. The van der Waals surface area contributed by atoms with Crippen molar-refractivity contribution in [3.05, 3.63) is 77.4 Å². The minimum Gasteiger partial charge on any atom is -0.462 e. The monoisotopic (exact) mass is 477 g/mol. The van der Waals surface area contributed by atoms with Crippen LogP contribution >= 0.6 is 0 Å². The first kappa shape index (κ1) is 27.3. The predicted molar refractivity (Wildman–Crippen MR) is 131 cm³/mol. The van der Waals surface area contributed by atoms with E-state index in [9.17, 15) is 14.4 Å². The zero-order chi connectivity index (χ0) is 25.5. The van der Waals surface area contributed by atoms with E-state index in [-0.39, 0.29) is 5.97 Å². The summed E-state index contributed by atoms with van der Waals surface area (Å²) in [7, 11) is 0. The number of ether oxygens (including phenoxy) is 3. The molecule has 0 aliphatic heterocycles. The van der Waals surface area contributed by atoms with E-state index >= 15 is 0 Å². The third kappa shape index (κ3) is 10.3. The van der Waals surface area contributed by atoms with Gasteiger partial charge in [-0.25, -0.2) is 14.4 Å². The van der Waals surface area contributed by atoms with Gasteiger partial charge >= 0.3 is 17.9 Å². The van der Waals surface area contributed by atoms with Gasteiger partial charge in [0.15, 0.2) is 0 Å². The Bertz CT molecular complexity index is 1030. The summed E-state index contributed by atoms with van der Waals surface area (Å²) >= 11 is 0. The zero-order valence-electron chi connectivity index (χ0n) is 20.1. The average Bonchev–Trinajstić information content (AvgIpc) is 2.87. The second kappa shape index (κ2) is 15.1. The van der Waals surface area contributed by atoms with Crippen LogP contribution in [-0.4, -0.2) is 31.1 Å².